The zero-order valence-corrected chi connectivity index (χ0v) is 10.4. The van der Waals surface area contributed by atoms with Crippen molar-refractivity contribution in [1.82, 2.24) is 4.57 Å². The second-order valence-electron chi connectivity index (χ2n) is 4.37. The molecule has 0 aliphatic rings. The lowest BCUT2D eigenvalue weighted by Crippen LogP contribution is -2.07. The van der Waals surface area contributed by atoms with Crippen LogP contribution in [-0.4, -0.2) is 11.2 Å². The van der Waals surface area contributed by atoms with Crippen LogP contribution >= 0.6 is 0 Å². The van der Waals surface area contributed by atoms with Crippen LogP contribution in [0.3, 0.4) is 0 Å². The maximum absolute atomic E-state index is 13.2. The van der Waals surface area contributed by atoms with Gasteiger partial charge in [0.25, 0.3) is 0 Å². The number of rotatable bonds is 4. The molecule has 1 aromatic heterocycles. The summed E-state index contributed by atoms with van der Waals surface area (Å²) in [6, 6.07) is 16.5. The van der Waals surface area contributed by atoms with Gasteiger partial charge >= 0.3 is 0 Å². The van der Waals surface area contributed by atoms with Crippen molar-refractivity contribution in [2.75, 3.05) is 6.61 Å². The Morgan fingerprint density at radius 3 is 2.68 bits per heavy atom. The molecule has 1 heterocycles. The molecule has 0 unspecified atom stereocenters. The van der Waals surface area contributed by atoms with E-state index >= 15 is 0 Å². The van der Waals surface area contributed by atoms with Crippen LogP contribution in [0.25, 0.3) is 10.9 Å². The summed E-state index contributed by atoms with van der Waals surface area (Å²) in [5, 5.41) is 1.04. The molecule has 3 aromatic rings. The van der Waals surface area contributed by atoms with Crippen molar-refractivity contribution in [3.63, 3.8) is 0 Å². The maximum atomic E-state index is 13.2. The van der Waals surface area contributed by atoms with E-state index in [0.717, 1.165) is 16.7 Å². The fraction of sp³-hybridized carbons (Fsp3) is 0.125. The predicted molar refractivity (Wildman–Crippen MR) is 73.8 cm³/mol. The fourth-order valence-corrected chi connectivity index (χ4v) is 2.13. The number of halogens is 1. The molecule has 0 radical (unpaired) electrons. The van der Waals surface area contributed by atoms with Gasteiger partial charge in [0.15, 0.2) is 0 Å². The lowest BCUT2D eigenvalue weighted by Gasteiger charge is -2.08. The first-order valence-electron chi connectivity index (χ1n) is 6.25. The summed E-state index contributed by atoms with van der Waals surface area (Å²) in [5.41, 5.74) is 0.900. The minimum Gasteiger partial charge on any atom is -0.492 e. The summed E-state index contributed by atoms with van der Waals surface area (Å²) in [7, 11) is 0. The van der Waals surface area contributed by atoms with Crippen LogP contribution in [0.4, 0.5) is 4.39 Å². The van der Waals surface area contributed by atoms with Crippen molar-refractivity contribution in [3.05, 3.63) is 66.6 Å². The summed E-state index contributed by atoms with van der Waals surface area (Å²) < 4.78 is 20.9. The van der Waals surface area contributed by atoms with Crippen LogP contribution in [0, 0.1) is 5.82 Å². The Morgan fingerprint density at radius 2 is 1.84 bits per heavy atom. The summed E-state index contributed by atoms with van der Waals surface area (Å²) in [4.78, 5) is 0. The number of hydrogen-bond acceptors (Lipinski definition) is 1. The molecule has 0 fully saturated rings. The Morgan fingerprint density at radius 1 is 1.00 bits per heavy atom. The molecular weight excluding hydrogens is 241 g/mol. The lowest BCUT2D eigenvalue weighted by atomic mass is 10.2. The van der Waals surface area contributed by atoms with Gasteiger partial charge in [-0.2, -0.15) is 0 Å². The number of aromatic nitrogens is 1. The molecule has 0 aliphatic heterocycles. The molecule has 0 amide bonds. The zero-order chi connectivity index (χ0) is 13.1. The zero-order valence-electron chi connectivity index (χ0n) is 10.4. The standard InChI is InChI=1S/C16H14FNO/c17-14-7-6-13-8-9-18(16(13)12-14)10-11-19-15-4-2-1-3-5-15/h1-9,12H,10-11H2. The molecule has 0 atom stereocenters. The van der Waals surface area contributed by atoms with Gasteiger partial charge in [0.05, 0.1) is 12.1 Å². The van der Waals surface area contributed by atoms with E-state index in [1.807, 2.05) is 47.2 Å². The first-order chi connectivity index (χ1) is 9.33. The van der Waals surface area contributed by atoms with E-state index in [0.29, 0.717) is 13.2 Å². The third-order valence-corrected chi connectivity index (χ3v) is 3.08. The molecule has 2 nitrogen and oxygen atoms in total. The summed E-state index contributed by atoms with van der Waals surface area (Å²) in [6.45, 7) is 1.26. The number of ether oxygens (including phenoxy) is 1. The quantitative estimate of drug-likeness (QED) is 0.690. The molecule has 2 aromatic carbocycles. The Kier molecular flexibility index (Phi) is 3.19. The third-order valence-electron chi connectivity index (χ3n) is 3.08. The minimum absolute atomic E-state index is 0.212. The van der Waals surface area contributed by atoms with Gasteiger partial charge in [-0.3, -0.25) is 0 Å². The number of fused-ring (bicyclic) bond motifs is 1. The largest absolute Gasteiger partial charge is 0.492 e. The summed E-state index contributed by atoms with van der Waals surface area (Å²) in [5.74, 6) is 0.640. The first-order valence-corrected chi connectivity index (χ1v) is 6.25. The summed E-state index contributed by atoms with van der Waals surface area (Å²) >= 11 is 0. The highest BCUT2D eigenvalue weighted by atomic mass is 19.1. The molecule has 96 valence electrons. The van der Waals surface area contributed by atoms with Gasteiger partial charge in [-0.1, -0.05) is 18.2 Å². The SMILES string of the molecule is Fc1ccc2ccn(CCOc3ccccc3)c2c1. The molecule has 3 rings (SSSR count). The van der Waals surface area contributed by atoms with Crippen molar-refractivity contribution in [3.8, 4) is 5.75 Å². The molecule has 19 heavy (non-hydrogen) atoms. The van der Waals surface area contributed by atoms with Crippen molar-refractivity contribution >= 4 is 10.9 Å². The first kappa shape index (κ1) is 11.8. The van der Waals surface area contributed by atoms with Gasteiger partial charge in [0.2, 0.25) is 0 Å². The average molecular weight is 255 g/mol. The van der Waals surface area contributed by atoms with Crippen LogP contribution in [0.15, 0.2) is 60.8 Å². The van der Waals surface area contributed by atoms with Crippen molar-refractivity contribution < 1.29 is 9.13 Å². The number of para-hydroxylation sites is 1. The number of nitrogens with zero attached hydrogens (tertiary/aromatic N) is 1. The van der Waals surface area contributed by atoms with Gasteiger partial charge in [0, 0.05) is 6.20 Å². The number of hydrogen-bond donors (Lipinski definition) is 0. The van der Waals surface area contributed by atoms with E-state index in [1.165, 1.54) is 6.07 Å². The Labute approximate surface area is 111 Å². The third kappa shape index (κ3) is 2.60. The van der Waals surface area contributed by atoms with E-state index in [2.05, 4.69) is 0 Å². The van der Waals surface area contributed by atoms with Crippen LogP contribution in [0.1, 0.15) is 0 Å². The highest BCUT2D eigenvalue weighted by molar-refractivity contribution is 5.80. The number of benzene rings is 2. The lowest BCUT2D eigenvalue weighted by molar-refractivity contribution is 0.300. The van der Waals surface area contributed by atoms with E-state index < -0.39 is 0 Å². The monoisotopic (exact) mass is 255 g/mol. The van der Waals surface area contributed by atoms with Crippen molar-refractivity contribution in [1.29, 1.82) is 0 Å². The van der Waals surface area contributed by atoms with E-state index in [4.69, 9.17) is 4.74 Å². The van der Waals surface area contributed by atoms with Gasteiger partial charge in [-0.25, -0.2) is 4.39 Å². The van der Waals surface area contributed by atoms with E-state index in [1.54, 1.807) is 12.1 Å². The smallest absolute Gasteiger partial charge is 0.125 e. The molecule has 0 spiro atoms. The van der Waals surface area contributed by atoms with Crippen LogP contribution in [0.2, 0.25) is 0 Å². The van der Waals surface area contributed by atoms with Gasteiger partial charge in [-0.15, -0.1) is 0 Å². The van der Waals surface area contributed by atoms with Crippen LogP contribution in [-0.2, 0) is 6.54 Å². The molecule has 0 N–H and O–H groups in total. The minimum atomic E-state index is -0.212. The maximum Gasteiger partial charge on any atom is 0.125 e. The van der Waals surface area contributed by atoms with Gasteiger partial charge in [-0.05, 0) is 41.8 Å². The van der Waals surface area contributed by atoms with Crippen molar-refractivity contribution in [2.24, 2.45) is 0 Å². The molecule has 0 saturated carbocycles. The van der Waals surface area contributed by atoms with Crippen LogP contribution < -0.4 is 4.74 Å². The predicted octanol–water partition coefficient (Wildman–Crippen LogP) is 3.86. The van der Waals surface area contributed by atoms with Crippen LogP contribution in [0.5, 0.6) is 5.75 Å². The Hall–Kier alpha value is -2.29. The molecule has 0 bridgehead atoms. The highest BCUT2D eigenvalue weighted by Gasteiger charge is 2.02. The Balaban J connectivity index is 1.70. The van der Waals surface area contributed by atoms with E-state index in [9.17, 15) is 4.39 Å². The molecular formula is C16H14FNO. The fourth-order valence-electron chi connectivity index (χ4n) is 2.13. The van der Waals surface area contributed by atoms with E-state index in [-0.39, 0.29) is 5.82 Å². The Bertz CT molecular complexity index is 676. The molecule has 0 aliphatic carbocycles. The average Bonchev–Trinajstić information content (AvgIpc) is 2.83. The second-order valence-corrected chi connectivity index (χ2v) is 4.37. The molecule has 3 heteroatoms. The van der Waals surface area contributed by atoms with Gasteiger partial charge < -0.3 is 9.30 Å². The second kappa shape index (κ2) is 5.14. The summed E-state index contributed by atoms with van der Waals surface area (Å²) in [6.07, 6.45) is 1.96. The topological polar surface area (TPSA) is 14.2 Å². The highest BCUT2D eigenvalue weighted by Crippen LogP contribution is 2.17. The van der Waals surface area contributed by atoms with Gasteiger partial charge in [0.1, 0.15) is 18.2 Å². The molecule has 0 saturated heterocycles. The normalized spacial score (nSPS) is 10.8. The van der Waals surface area contributed by atoms with Crippen molar-refractivity contribution in [2.45, 2.75) is 6.54 Å².